The summed E-state index contributed by atoms with van der Waals surface area (Å²) in [6, 6.07) is 11.8. The van der Waals surface area contributed by atoms with Gasteiger partial charge in [-0.25, -0.2) is 13.4 Å². The number of anilines is 1. The fraction of sp³-hybridized carbons (Fsp3) is 0.375. The van der Waals surface area contributed by atoms with E-state index in [2.05, 4.69) is 15.3 Å². The highest BCUT2D eigenvalue weighted by atomic mass is 32.2. The topological polar surface area (TPSA) is 121 Å². The first-order chi connectivity index (χ1) is 16.4. The lowest BCUT2D eigenvalue weighted by molar-refractivity contribution is -0.116. The van der Waals surface area contributed by atoms with E-state index < -0.39 is 10.0 Å². The lowest BCUT2D eigenvalue weighted by Gasteiger charge is -2.19. The fourth-order valence-electron chi connectivity index (χ4n) is 4.02. The first kappa shape index (κ1) is 23.9. The first-order valence-corrected chi connectivity index (χ1v) is 12.9. The summed E-state index contributed by atoms with van der Waals surface area (Å²) in [7, 11) is -3.71. The van der Waals surface area contributed by atoms with Crippen LogP contribution in [0.15, 0.2) is 52.2 Å². The number of aromatic nitrogens is 2. The molecule has 1 aliphatic heterocycles. The zero-order valence-corrected chi connectivity index (χ0v) is 19.9. The molecule has 10 heteroatoms. The minimum atomic E-state index is -3.71. The van der Waals surface area contributed by atoms with Gasteiger partial charge in [0, 0.05) is 31.6 Å². The number of hydrogen-bond acceptors (Lipinski definition) is 6. The maximum absolute atomic E-state index is 13.1. The monoisotopic (exact) mass is 484 g/mol. The molecule has 0 spiro atoms. The molecular weight excluding hydrogens is 456 g/mol. The van der Waals surface area contributed by atoms with Gasteiger partial charge in [0.05, 0.1) is 17.5 Å². The average molecular weight is 485 g/mol. The van der Waals surface area contributed by atoms with Crippen molar-refractivity contribution in [2.24, 2.45) is 0 Å². The van der Waals surface area contributed by atoms with Gasteiger partial charge in [0.2, 0.25) is 15.9 Å². The second-order valence-corrected chi connectivity index (χ2v) is 10.0. The molecular formula is C24H28N4O5S. The third-order valence-corrected chi connectivity index (χ3v) is 7.61. The molecule has 2 heterocycles. The summed E-state index contributed by atoms with van der Waals surface area (Å²) >= 11 is 0. The lowest BCUT2D eigenvalue weighted by atomic mass is 10.2. The van der Waals surface area contributed by atoms with Gasteiger partial charge in [-0.1, -0.05) is 12.1 Å². The second kappa shape index (κ2) is 10.4. The third kappa shape index (κ3) is 5.28. The van der Waals surface area contributed by atoms with Crippen LogP contribution in [0.4, 0.5) is 5.69 Å². The minimum absolute atomic E-state index is 0.0620. The van der Waals surface area contributed by atoms with Crippen molar-refractivity contribution in [1.29, 1.82) is 0 Å². The molecule has 0 aliphatic carbocycles. The van der Waals surface area contributed by atoms with E-state index in [1.165, 1.54) is 10.4 Å². The Balaban J connectivity index is 1.42. The van der Waals surface area contributed by atoms with E-state index in [4.69, 9.17) is 4.74 Å². The van der Waals surface area contributed by atoms with E-state index in [9.17, 15) is 18.0 Å². The summed E-state index contributed by atoms with van der Waals surface area (Å²) < 4.78 is 33.2. The van der Waals surface area contributed by atoms with Crippen LogP contribution >= 0.6 is 0 Å². The normalized spacial score (nSPS) is 14.4. The van der Waals surface area contributed by atoms with Crippen LogP contribution in [-0.2, 0) is 21.2 Å². The van der Waals surface area contributed by atoms with Gasteiger partial charge in [-0.3, -0.25) is 9.59 Å². The number of nitrogens with one attached hydrogen (secondary N) is 2. The van der Waals surface area contributed by atoms with Crippen LogP contribution in [-0.4, -0.2) is 48.3 Å². The maximum atomic E-state index is 13.1. The molecule has 4 rings (SSSR count). The fourth-order valence-corrected chi connectivity index (χ4v) is 5.70. The van der Waals surface area contributed by atoms with E-state index in [0.717, 1.165) is 12.8 Å². The molecule has 0 radical (unpaired) electrons. The molecule has 2 aromatic carbocycles. The number of amides is 1. The van der Waals surface area contributed by atoms with Gasteiger partial charge >= 0.3 is 0 Å². The van der Waals surface area contributed by atoms with Gasteiger partial charge < -0.3 is 15.0 Å². The Morgan fingerprint density at radius 2 is 1.94 bits per heavy atom. The molecule has 0 atom stereocenters. The van der Waals surface area contributed by atoms with E-state index >= 15 is 0 Å². The number of aryl methyl sites for hydroxylation is 1. The molecule has 1 fully saturated rings. The predicted molar refractivity (Wildman–Crippen MR) is 130 cm³/mol. The molecule has 3 aromatic rings. The van der Waals surface area contributed by atoms with Crippen molar-refractivity contribution >= 4 is 32.5 Å². The molecule has 180 valence electrons. The van der Waals surface area contributed by atoms with Crippen LogP contribution in [0.5, 0.6) is 5.75 Å². The van der Waals surface area contributed by atoms with E-state index in [0.29, 0.717) is 55.0 Å². The molecule has 1 amide bonds. The van der Waals surface area contributed by atoms with Crippen molar-refractivity contribution in [3.8, 4) is 5.75 Å². The molecule has 0 bridgehead atoms. The number of sulfonamides is 1. The van der Waals surface area contributed by atoms with Crippen LogP contribution in [0.2, 0.25) is 0 Å². The smallest absolute Gasteiger partial charge is 0.258 e. The van der Waals surface area contributed by atoms with Gasteiger partial charge in [0.25, 0.3) is 5.56 Å². The van der Waals surface area contributed by atoms with Gasteiger partial charge in [-0.15, -0.1) is 0 Å². The van der Waals surface area contributed by atoms with Crippen LogP contribution in [0.3, 0.4) is 0 Å². The summed E-state index contributed by atoms with van der Waals surface area (Å²) in [6.07, 6.45) is 2.76. The summed E-state index contributed by atoms with van der Waals surface area (Å²) in [6.45, 7) is 3.09. The SMILES string of the molecule is CCOc1ccc(NC(=O)CCCc2nc3ccccc3c(=O)[nH]2)cc1S(=O)(=O)N1CCCC1. The van der Waals surface area contributed by atoms with Gasteiger partial charge in [-0.2, -0.15) is 4.31 Å². The van der Waals surface area contributed by atoms with Gasteiger partial charge in [0.15, 0.2) is 0 Å². The minimum Gasteiger partial charge on any atom is -0.492 e. The highest BCUT2D eigenvalue weighted by molar-refractivity contribution is 7.89. The standard InChI is InChI=1S/C24H28N4O5S/c1-2-33-20-13-12-17(16-21(20)34(31,32)28-14-5-6-15-28)25-23(29)11-7-10-22-26-19-9-4-3-8-18(19)24(30)27-22/h3-4,8-9,12-13,16H,2,5-7,10-11,14-15H2,1H3,(H,25,29)(H,26,27,30). The number of ether oxygens (including phenoxy) is 1. The highest BCUT2D eigenvalue weighted by Gasteiger charge is 2.30. The molecule has 9 nitrogen and oxygen atoms in total. The van der Waals surface area contributed by atoms with Crippen molar-refractivity contribution < 1.29 is 17.9 Å². The van der Waals surface area contributed by atoms with E-state index in [-0.39, 0.29) is 28.5 Å². The summed E-state index contributed by atoms with van der Waals surface area (Å²) in [5, 5.41) is 3.30. The first-order valence-electron chi connectivity index (χ1n) is 11.4. The number of para-hydroxylation sites is 1. The van der Waals surface area contributed by atoms with Crippen LogP contribution < -0.4 is 15.6 Å². The van der Waals surface area contributed by atoms with Crippen molar-refractivity contribution in [2.45, 2.75) is 43.9 Å². The van der Waals surface area contributed by atoms with Crippen molar-refractivity contribution in [3.05, 3.63) is 58.6 Å². The van der Waals surface area contributed by atoms with Gasteiger partial charge in [-0.05, 0) is 56.5 Å². The average Bonchev–Trinajstić information content (AvgIpc) is 3.36. The zero-order chi connectivity index (χ0) is 24.1. The largest absolute Gasteiger partial charge is 0.492 e. The Kier molecular flexibility index (Phi) is 7.28. The van der Waals surface area contributed by atoms with Crippen molar-refractivity contribution in [1.82, 2.24) is 14.3 Å². The number of rotatable bonds is 9. The molecule has 34 heavy (non-hydrogen) atoms. The quantitative estimate of drug-likeness (QED) is 0.481. The van der Waals surface area contributed by atoms with Crippen molar-refractivity contribution in [2.75, 3.05) is 25.0 Å². The zero-order valence-electron chi connectivity index (χ0n) is 19.0. The number of carbonyl (C=O) groups excluding carboxylic acids is 1. The molecule has 0 saturated carbocycles. The lowest BCUT2D eigenvalue weighted by Crippen LogP contribution is -2.28. The summed E-state index contributed by atoms with van der Waals surface area (Å²) in [4.78, 5) is 32.0. The summed E-state index contributed by atoms with van der Waals surface area (Å²) in [5.74, 6) is 0.548. The number of H-pyrrole nitrogens is 1. The molecule has 1 aromatic heterocycles. The number of nitrogens with zero attached hydrogens (tertiary/aromatic N) is 2. The Labute approximate surface area is 198 Å². The number of fused-ring (bicyclic) bond motifs is 1. The van der Waals surface area contributed by atoms with Crippen LogP contribution in [0.25, 0.3) is 10.9 Å². The van der Waals surface area contributed by atoms with Crippen LogP contribution in [0, 0.1) is 0 Å². The Hall–Kier alpha value is -3.24. The number of carbonyl (C=O) groups is 1. The summed E-state index contributed by atoms with van der Waals surface area (Å²) in [5.41, 5.74) is 0.807. The highest BCUT2D eigenvalue weighted by Crippen LogP contribution is 2.31. The van der Waals surface area contributed by atoms with E-state index in [1.807, 2.05) is 6.07 Å². The number of benzene rings is 2. The number of hydrogen-bond donors (Lipinski definition) is 2. The Morgan fingerprint density at radius 1 is 1.18 bits per heavy atom. The predicted octanol–water partition coefficient (Wildman–Crippen LogP) is 3.07. The molecule has 2 N–H and O–H groups in total. The van der Waals surface area contributed by atoms with Crippen LogP contribution in [0.1, 0.15) is 38.4 Å². The van der Waals surface area contributed by atoms with Gasteiger partial charge in [0.1, 0.15) is 16.5 Å². The Morgan fingerprint density at radius 3 is 2.71 bits per heavy atom. The van der Waals surface area contributed by atoms with E-state index in [1.54, 1.807) is 37.3 Å². The molecule has 1 aliphatic rings. The maximum Gasteiger partial charge on any atom is 0.258 e. The molecule has 0 unspecified atom stereocenters. The molecule has 1 saturated heterocycles. The Bertz CT molecular complexity index is 1350. The number of aromatic amines is 1. The van der Waals surface area contributed by atoms with Crippen molar-refractivity contribution in [3.63, 3.8) is 0 Å². The third-order valence-electron chi connectivity index (χ3n) is 5.69. The second-order valence-electron chi connectivity index (χ2n) is 8.14.